The summed E-state index contributed by atoms with van der Waals surface area (Å²) in [5.41, 5.74) is -0.981. The molecule has 2 rings (SSSR count). The number of nitrogens with one attached hydrogen (secondary N) is 1. The molecule has 0 radical (unpaired) electrons. The Bertz CT molecular complexity index is 663. The van der Waals surface area contributed by atoms with E-state index in [-0.39, 0.29) is 0 Å². The molecule has 1 unspecified atom stereocenters. The fourth-order valence-electron chi connectivity index (χ4n) is 1.68. The lowest BCUT2D eigenvalue weighted by molar-refractivity contribution is -0.384. The number of benzene rings is 1. The van der Waals surface area contributed by atoms with Gasteiger partial charge in [0.05, 0.1) is 15.3 Å². The maximum Gasteiger partial charge on any atom is 0.295 e. The second-order valence-corrected chi connectivity index (χ2v) is 5.77. The van der Waals surface area contributed by atoms with Gasteiger partial charge in [0.2, 0.25) is 0 Å². The summed E-state index contributed by atoms with van der Waals surface area (Å²) in [6.07, 6.45) is 0. The van der Waals surface area contributed by atoms with Gasteiger partial charge in [0.25, 0.3) is 5.69 Å². The van der Waals surface area contributed by atoms with E-state index in [1.807, 2.05) is 0 Å². The molecule has 1 heterocycles. The highest BCUT2D eigenvalue weighted by Crippen LogP contribution is 2.34. The van der Waals surface area contributed by atoms with Gasteiger partial charge in [0.1, 0.15) is 0 Å². The first-order valence-corrected chi connectivity index (χ1v) is 6.73. The summed E-state index contributed by atoms with van der Waals surface area (Å²) in [5.74, 6) is -2.41. The second kappa shape index (κ2) is 5.72. The zero-order valence-electron chi connectivity index (χ0n) is 10.2. The molecule has 0 saturated carbocycles. The number of hydrogen-bond donors (Lipinski definition) is 1. The van der Waals surface area contributed by atoms with Gasteiger partial charge in [-0.1, -0.05) is 11.6 Å². The van der Waals surface area contributed by atoms with Crippen molar-refractivity contribution in [3.05, 3.63) is 55.2 Å². The first kappa shape index (κ1) is 14.7. The normalized spacial score (nSPS) is 12.2. The van der Waals surface area contributed by atoms with Crippen molar-refractivity contribution in [2.24, 2.45) is 0 Å². The average molecular weight is 319 g/mol. The summed E-state index contributed by atoms with van der Waals surface area (Å²) in [6.45, 7) is 1.68. The molecule has 8 heteroatoms. The maximum atomic E-state index is 13.7. The Morgan fingerprint density at radius 2 is 2.05 bits per heavy atom. The van der Waals surface area contributed by atoms with Crippen molar-refractivity contribution in [3.63, 3.8) is 0 Å². The van der Waals surface area contributed by atoms with Crippen LogP contribution in [-0.2, 0) is 0 Å². The van der Waals surface area contributed by atoms with E-state index in [9.17, 15) is 18.9 Å². The Kier molecular flexibility index (Phi) is 4.20. The molecule has 20 heavy (non-hydrogen) atoms. The molecule has 0 aliphatic carbocycles. The molecule has 4 nitrogen and oxygen atoms in total. The molecular weight excluding hydrogens is 310 g/mol. The number of halogens is 3. The largest absolute Gasteiger partial charge is 0.370 e. The van der Waals surface area contributed by atoms with Gasteiger partial charge in [0, 0.05) is 10.9 Å². The summed E-state index contributed by atoms with van der Waals surface area (Å²) >= 11 is 7.05. The summed E-state index contributed by atoms with van der Waals surface area (Å²) in [7, 11) is 0. The highest BCUT2D eigenvalue weighted by Gasteiger charge is 2.23. The van der Waals surface area contributed by atoms with Gasteiger partial charge < -0.3 is 5.32 Å². The quantitative estimate of drug-likeness (QED) is 0.653. The van der Waals surface area contributed by atoms with Crippen LogP contribution in [0, 0.1) is 21.7 Å². The summed E-state index contributed by atoms with van der Waals surface area (Å²) in [5, 5.41) is 13.5. The van der Waals surface area contributed by atoms with Gasteiger partial charge in [0.15, 0.2) is 17.3 Å². The van der Waals surface area contributed by atoms with Crippen LogP contribution in [0.25, 0.3) is 0 Å². The van der Waals surface area contributed by atoms with Gasteiger partial charge >= 0.3 is 0 Å². The van der Waals surface area contributed by atoms with Crippen molar-refractivity contribution in [3.8, 4) is 0 Å². The molecule has 0 amide bonds. The monoisotopic (exact) mass is 318 g/mol. The van der Waals surface area contributed by atoms with Crippen molar-refractivity contribution in [2.75, 3.05) is 5.32 Å². The van der Waals surface area contributed by atoms with Gasteiger partial charge in [-0.2, -0.15) is 0 Å². The van der Waals surface area contributed by atoms with Crippen LogP contribution >= 0.6 is 22.9 Å². The zero-order valence-corrected chi connectivity index (χ0v) is 11.8. The minimum absolute atomic E-state index is 0.442. The number of nitro benzene ring substituents is 1. The number of rotatable bonds is 4. The van der Waals surface area contributed by atoms with Crippen molar-refractivity contribution < 1.29 is 13.7 Å². The molecule has 0 fully saturated rings. The number of thiophene rings is 1. The van der Waals surface area contributed by atoms with Crippen LogP contribution in [0.4, 0.5) is 20.2 Å². The van der Waals surface area contributed by atoms with Crippen LogP contribution in [0.3, 0.4) is 0 Å². The Morgan fingerprint density at radius 1 is 1.35 bits per heavy atom. The summed E-state index contributed by atoms with van der Waals surface area (Å²) in [4.78, 5) is 10.9. The number of nitro groups is 1. The average Bonchev–Trinajstić information content (AvgIpc) is 2.81. The van der Waals surface area contributed by atoms with E-state index in [0.717, 1.165) is 17.0 Å². The molecule has 0 spiro atoms. The van der Waals surface area contributed by atoms with Gasteiger partial charge in [-0.3, -0.25) is 10.1 Å². The predicted molar refractivity (Wildman–Crippen MR) is 74.4 cm³/mol. The van der Waals surface area contributed by atoms with Crippen LogP contribution < -0.4 is 5.32 Å². The molecule has 0 saturated heterocycles. The van der Waals surface area contributed by atoms with E-state index in [2.05, 4.69) is 5.32 Å². The number of anilines is 1. The lowest BCUT2D eigenvalue weighted by Crippen LogP contribution is -2.09. The molecule has 1 N–H and O–H groups in total. The molecule has 0 bridgehead atoms. The van der Waals surface area contributed by atoms with Crippen LogP contribution in [0.15, 0.2) is 24.3 Å². The van der Waals surface area contributed by atoms with E-state index < -0.39 is 34.0 Å². The maximum absolute atomic E-state index is 13.7. The van der Waals surface area contributed by atoms with Crippen LogP contribution in [0.5, 0.6) is 0 Å². The van der Waals surface area contributed by atoms with E-state index in [4.69, 9.17) is 11.6 Å². The predicted octanol–water partition coefficient (Wildman–Crippen LogP) is 4.76. The lowest BCUT2D eigenvalue weighted by Gasteiger charge is -2.14. The van der Waals surface area contributed by atoms with Gasteiger partial charge in [-0.05, 0) is 25.1 Å². The Hall–Kier alpha value is -1.73. The molecule has 106 valence electrons. The van der Waals surface area contributed by atoms with Crippen LogP contribution in [0.1, 0.15) is 17.8 Å². The molecule has 1 atom stereocenters. The minimum atomic E-state index is -1.27. The number of nitrogens with zero attached hydrogens (tertiary/aromatic N) is 1. The van der Waals surface area contributed by atoms with Crippen molar-refractivity contribution in [1.29, 1.82) is 0 Å². The SMILES string of the molecule is CC(Nc1c([N+](=O)[O-])ccc(F)c1F)c1ccc(Cl)s1. The third-order valence-corrected chi connectivity index (χ3v) is 4.07. The molecule has 1 aromatic heterocycles. The molecule has 0 aliphatic rings. The van der Waals surface area contributed by atoms with E-state index in [1.165, 1.54) is 11.3 Å². The van der Waals surface area contributed by atoms with Crippen LogP contribution in [0.2, 0.25) is 4.34 Å². The Balaban J connectivity index is 2.37. The fraction of sp³-hybridized carbons (Fsp3) is 0.167. The highest BCUT2D eigenvalue weighted by atomic mass is 35.5. The lowest BCUT2D eigenvalue weighted by atomic mass is 10.2. The number of hydrogen-bond acceptors (Lipinski definition) is 4. The van der Waals surface area contributed by atoms with Crippen molar-refractivity contribution in [1.82, 2.24) is 0 Å². The first-order chi connectivity index (χ1) is 9.40. The molecule has 1 aromatic carbocycles. The third kappa shape index (κ3) is 2.88. The standard InChI is InChI=1S/C12H9ClF2N2O2S/c1-6(9-4-5-10(13)20-9)16-12-8(17(18)19)3-2-7(14)11(12)15/h2-6,16H,1H3. The summed E-state index contributed by atoms with van der Waals surface area (Å²) in [6, 6.07) is 4.59. The van der Waals surface area contributed by atoms with E-state index in [1.54, 1.807) is 19.1 Å². The minimum Gasteiger partial charge on any atom is -0.370 e. The molecule has 2 aromatic rings. The van der Waals surface area contributed by atoms with E-state index >= 15 is 0 Å². The second-order valence-electron chi connectivity index (χ2n) is 4.02. The fourth-order valence-corrected chi connectivity index (χ4v) is 2.74. The molecule has 0 aliphatic heterocycles. The smallest absolute Gasteiger partial charge is 0.295 e. The topological polar surface area (TPSA) is 55.2 Å². The van der Waals surface area contributed by atoms with Crippen molar-refractivity contribution >= 4 is 34.3 Å². The molecular formula is C12H9ClF2N2O2S. The van der Waals surface area contributed by atoms with E-state index in [0.29, 0.717) is 4.34 Å². The zero-order chi connectivity index (χ0) is 14.9. The van der Waals surface area contributed by atoms with Crippen LogP contribution in [-0.4, -0.2) is 4.92 Å². The van der Waals surface area contributed by atoms with Gasteiger partial charge in [-0.15, -0.1) is 11.3 Å². The Morgan fingerprint density at radius 3 is 2.60 bits per heavy atom. The first-order valence-electron chi connectivity index (χ1n) is 5.54. The van der Waals surface area contributed by atoms with Crippen molar-refractivity contribution in [2.45, 2.75) is 13.0 Å². The Labute approximate surface area is 122 Å². The third-order valence-electron chi connectivity index (χ3n) is 2.65. The van der Waals surface area contributed by atoms with Gasteiger partial charge in [-0.25, -0.2) is 8.78 Å². The summed E-state index contributed by atoms with van der Waals surface area (Å²) < 4.78 is 27.5. The highest BCUT2D eigenvalue weighted by molar-refractivity contribution is 7.16.